The normalized spacial score (nSPS) is 16.0. The van der Waals surface area contributed by atoms with Gasteiger partial charge in [0.1, 0.15) is 0 Å². The molecule has 4 aromatic carbocycles. The van der Waals surface area contributed by atoms with E-state index in [4.69, 9.17) is 0 Å². The van der Waals surface area contributed by atoms with Crippen molar-refractivity contribution in [2.24, 2.45) is 0 Å². The van der Waals surface area contributed by atoms with Crippen molar-refractivity contribution in [2.45, 2.75) is 76.0 Å². The summed E-state index contributed by atoms with van der Waals surface area (Å²) in [5, 5.41) is 0. The quantitative estimate of drug-likeness (QED) is 0.163. The zero-order valence-corrected chi connectivity index (χ0v) is 26.9. The molecular formula is C42H54N2. The predicted octanol–water partition coefficient (Wildman–Crippen LogP) is 10.2. The lowest BCUT2D eigenvalue weighted by molar-refractivity contribution is 0.224. The molecule has 0 aliphatic carbocycles. The lowest BCUT2D eigenvalue weighted by Gasteiger charge is -2.27. The highest BCUT2D eigenvalue weighted by molar-refractivity contribution is 5.33. The van der Waals surface area contributed by atoms with E-state index < -0.39 is 0 Å². The van der Waals surface area contributed by atoms with E-state index in [1.54, 1.807) is 0 Å². The van der Waals surface area contributed by atoms with E-state index >= 15 is 0 Å². The van der Waals surface area contributed by atoms with Crippen molar-refractivity contribution in [1.29, 1.82) is 0 Å². The molecule has 0 amide bonds. The molecule has 2 nitrogen and oxygen atoms in total. The minimum atomic E-state index is 0.534. The van der Waals surface area contributed by atoms with Gasteiger partial charge in [0.05, 0.1) is 0 Å². The molecule has 4 aromatic rings. The summed E-state index contributed by atoms with van der Waals surface area (Å²) in [5.74, 6) is 1.07. The minimum Gasteiger partial charge on any atom is -0.303 e. The van der Waals surface area contributed by atoms with Gasteiger partial charge in [-0.1, -0.05) is 134 Å². The maximum absolute atomic E-state index is 2.65. The fourth-order valence-corrected chi connectivity index (χ4v) is 7.20. The lowest BCUT2D eigenvalue weighted by Crippen LogP contribution is -2.30. The van der Waals surface area contributed by atoms with Crippen molar-refractivity contribution in [3.05, 3.63) is 144 Å². The summed E-state index contributed by atoms with van der Waals surface area (Å²) in [6, 6.07) is 44.0. The molecule has 2 aliphatic rings. The van der Waals surface area contributed by atoms with Gasteiger partial charge in [-0.05, 0) is 113 Å². The molecule has 0 unspecified atom stereocenters. The second kappa shape index (κ2) is 18.6. The predicted molar refractivity (Wildman–Crippen MR) is 189 cm³/mol. The first-order chi connectivity index (χ1) is 21.9. The number of hydrogen-bond donors (Lipinski definition) is 0. The number of nitrogens with zero attached hydrogens (tertiary/aromatic N) is 2. The van der Waals surface area contributed by atoms with Gasteiger partial charge in [-0.25, -0.2) is 0 Å². The average molecular weight is 587 g/mol. The van der Waals surface area contributed by atoms with Crippen LogP contribution < -0.4 is 0 Å². The fraction of sp³-hybridized carbons (Fsp3) is 0.429. The van der Waals surface area contributed by atoms with E-state index in [2.05, 4.69) is 131 Å². The second-order valence-electron chi connectivity index (χ2n) is 12.8. The van der Waals surface area contributed by atoms with E-state index in [1.165, 1.54) is 126 Å². The van der Waals surface area contributed by atoms with Crippen molar-refractivity contribution in [1.82, 2.24) is 9.80 Å². The van der Waals surface area contributed by atoms with Crippen molar-refractivity contribution < 1.29 is 0 Å². The van der Waals surface area contributed by atoms with Crippen molar-refractivity contribution in [3.8, 4) is 0 Å². The Morgan fingerprint density at radius 2 is 0.636 bits per heavy atom. The summed E-state index contributed by atoms with van der Waals surface area (Å²) in [4.78, 5) is 5.30. The van der Waals surface area contributed by atoms with E-state index in [0.717, 1.165) is 0 Å². The Bertz CT molecular complexity index is 1080. The molecule has 0 aromatic heterocycles. The fourth-order valence-electron chi connectivity index (χ4n) is 7.20. The summed E-state index contributed by atoms with van der Waals surface area (Å²) < 4.78 is 0. The molecule has 2 fully saturated rings. The Kier molecular flexibility index (Phi) is 13.6. The van der Waals surface area contributed by atoms with E-state index in [9.17, 15) is 0 Å². The summed E-state index contributed by atoms with van der Waals surface area (Å²) in [6.45, 7) is 7.75. The molecule has 44 heavy (non-hydrogen) atoms. The van der Waals surface area contributed by atoms with Crippen LogP contribution in [-0.2, 0) is 0 Å². The molecule has 0 spiro atoms. The van der Waals surface area contributed by atoms with Crippen LogP contribution in [0.5, 0.6) is 0 Å². The summed E-state index contributed by atoms with van der Waals surface area (Å²) in [7, 11) is 0. The van der Waals surface area contributed by atoms with Gasteiger partial charge in [-0.2, -0.15) is 0 Å². The van der Waals surface area contributed by atoms with Gasteiger partial charge < -0.3 is 9.80 Å². The third-order valence-corrected chi connectivity index (χ3v) is 9.64. The number of rotatable bonds is 12. The van der Waals surface area contributed by atoms with Crippen molar-refractivity contribution in [2.75, 3.05) is 39.3 Å². The SMILES string of the molecule is c1ccc(C(CCCN2CCCCC2)c2ccccc2)cc1.c1ccc(C(CCCN2CCCCC2)c2ccccc2)cc1. The summed E-state index contributed by atoms with van der Waals surface area (Å²) in [6.07, 6.45) is 13.5. The Morgan fingerprint density at radius 3 is 0.909 bits per heavy atom. The van der Waals surface area contributed by atoms with Crippen LogP contribution in [0.15, 0.2) is 121 Å². The Morgan fingerprint density at radius 1 is 0.364 bits per heavy atom. The number of likely N-dealkylation sites (tertiary alicyclic amines) is 2. The molecular weight excluding hydrogens is 532 g/mol. The van der Waals surface area contributed by atoms with Gasteiger partial charge in [0.2, 0.25) is 0 Å². The van der Waals surface area contributed by atoms with Crippen LogP contribution in [-0.4, -0.2) is 49.1 Å². The monoisotopic (exact) mass is 586 g/mol. The van der Waals surface area contributed by atoms with Crippen LogP contribution >= 0.6 is 0 Å². The van der Waals surface area contributed by atoms with Gasteiger partial charge >= 0.3 is 0 Å². The molecule has 232 valence electrons. The number of hydrogen-bond acceptors (Lipinski definition) is 2. The molecule has 0 N–H and O–H groups in total. The molecule has 0 atom stereocenters. The van der Waals surface area contributed by atoms with Gasteiger partial charge in [-0.15, -0.1) is 0 Å². The topological polar surface area (TPSA) is 6.48 Å². The third kappa shape index (κ3) is 10.5. The lowest BCUT2D eigenvalue weighted by atomic mass is 9.87. The molecule has 2 aliphatic heterocycles. The molecule has 0 radical (unpaired) electrons. The molecule has 6 rings (SSSR count). The molecule has 0 saturated carbocycles. The molecule has 2 saturated heterocycles. The third-order valence-electron chi connectivity index (χ3n) is 9.64. The van der Waals surface area contributed by atoms with Gasteiger partial charge in [0, 0.05) is 11.8 Å². The zero-order chi connectivity index (χ0) is 30.1. The van der Waals surface area contributed by atoms with Crippen LogP contribution in [0.3, 0.4) is 0 Å². The summed E-state index contributed by atoms with van der Waals surface area (Å²) in [5.41, 5.74) is 5.80. The number of benzene rings is 4. The van der Waals surface area contributed by atoms with Gasteiger partial charge in [-0.3, -0.25) is 0 Å². The molecule has 2 heteroatoms. The van der Waals surface area contributed by atoms with Crippen LogP contribution in [0.1, 0.15) is 98.3 Å². The smallest absolute Gasteiger partial charge is 0.00898 e. The highest BCUT2D eigenvalue weighted by atomic mass is 15.1. The standard InChI is InChI=1S/2C21H27N/c2*1-4-11-19(12-5-1)21(20-13-6-2-7-14-20)15-10-18-22-16-8-3-9-17-22/h2*1-2,4-7,11-14,21H,3,8-10,15-18H2. The van der Waals surface area contributed by atoms with Crippen molar-refractivity contribution >= 4 is 0 Å². The van der Waals surface area contributed by atoms with Gasteiger partial charge in [0.15, 0.2) is 0 Å². The first-order valence-electron chi connectivity index (χ1n) is 17.5. The van der Waals surface area contributed by atoms with E-state index in [-0.39, 0.29) is 0 Å². The largest absolute Gasteiger partial charge is 0.303 e. The van der Waals surface area contributed by atoms with Gasteiger partial charge in [0.25, 0.3) is 0 Å². The maximum Gasteiger partial charge on any atom is 0.00898 e. The van der Waals surface area contributed by atoms with Crippen LogP contribution in [0.4, 0.5) is 0 Å². The van der Waals surface area contributed by atoms with Crippen molar-refractivity contribution in [3.63, 3.8) is 0 Å². The number of piperidine rings is 2. The highest BCUT2D eigenvalue weighted by Gasteiger charge is 2.17. The average Bonchev–Trinajstić information content (AvgIpc) is 3.11. The summed E-state index contributed by atoms with van der Waals surface area (Å²) >= 11 is 0. The minimum absolute atomic E-state index is 0.534. The zero-order valence-electron chi connectivity index (χ0n) is 26.9. The van der Waals surface area contributed by atoms with Crippen LogP contribution in [0, 0.1) is 0 Å². The van der Waals surface area contributed by atoms with Crippen LogP contribution in [0.2, 0.25) is 0 Å². The van der Waals surface area contributed by atoms with Crippen LogP contribution in [0.25, 0.3) is 0 Å². The first-order valence-corrected chi connectivity index (χ1v) is 17.5. The van der Waals surface area contributed by atoms with E-state index in [0.29, 0.717) is 11.8 Å². The highest BCUT2D eigenvalue weighted by Crippen LogP contribution is 2.30. The van der Waals surface area contributed by atoms with E-state index in [1.807, 2.05) is 0 Å². The Balaban J connectivity index is 0.000000175. The maximum atomic E-state index is 2.65. The molecule has 0 bridgehead atoms. The first kappa shape index (κ1) is 32.2. The second-order valence-corrected chi connectivity index (χ2v) is 12.8. The molecule has 2 heterocycles. The Labute approximate surface area is 268 Å². The Hall–Kier alpha value is -3.20.